The van der Waals surface area contributed by atoms with Crippen LogP contribution in [-0.4, -0.2) is 60.9 Å². The van der Waals surface area contributed by atoms with Crippen LogP contribution in [0.3, 0.4) is 0 Å². The van der Waals surface area contributed by atoms with E-state index < -0.39 is 5.41 Å². The van der Waals surface area contributed by atoms with Gasteiger partial charge in [0.15, 0.2) is 0 Å². The summed E-state index contributed by atoms with van der Waals surface area (Å²) in [7, 11) is 1.39. The molecule has 0 N–H and O–H groups in total. The minimum absolute atomic E-state index is 0.0537. The summed E-state index contributed by atoms with van der Waals surface area (Å²) in [6.45, 7) is 5.64. The van der Waals surface area contributed by atoms with Crippen molar-refractivity contribution in [3.05, 3.63) is 48.6 Å². The van der Waals surface area contributed by atoms with Gasteiger partial charge in [0.25, 0.3) is 0 Å². The molecule has 1 aromatic carbocycles. The molecule has 2 amide bonds. The van der Waals surface area contributed by atoms with Crippen LogP contribution >= 0.6 is 0 Å². The minimum Gasteiger partial charge on any atom is -0.469 e. The molecule has 150 valence electrons. The number of rotatable bonds is 4. The van der Waals surface area contributed by atoms with Gasteiger partial charge in [0.2, 0.25) is 11.8 Å². The first kappa shape index (κ1) is 20.1. The van der Waals surface area contributed by atoms with E-state index in [2.05, 4.69) is 6.58 Å². The van der Waals surface area contributed by atoms with Gasteiger partial charge in [0, 0.05) is 26.2 Å². The number of hydrogen-bond acceptors (Lipinski definition) is 4. The van der Waals surface area contributed by atoms with E-state index in [4.69, 9.17) is 4.74 Å². The third-order valence-corrected chi connectivity index (χ3v) is 6.08. The number of ether oxygens (including phenoxy) is 1. The zero-order valence-electron chi connectivity index (χ0n) is 16.4. The van der Waals surface area contributed by atoms with Crippen LogP contribution in [0.1, 0.15) is 31.2 Å². The maximum atomic E-state index is 13.7. The zero-order valence-corrected chi connectivity index (χ0v) is 16.4. The summed E-state index contributed by atoms with van der Waals surface area (Å²) in [4.78, 5) is 41.3. The van der Waals surface area contributed by atoms with Crippen molar-refractivity contribution in [1.82, 2.24) is 9.80 Å². The summed E-state index contributed by atoms with van der Waals surface area (Å²) in [6.07, 6.45) is 3.99. The lowest BCUT2D eigenvalue weighted by Crippen LogP contribution is -2.56. The lowest BCUT2D eigenvalue weighted by atomic mass is 9.71. The van der Waals surface area contributed by atoms with Crippen molar-refractivity contribution in [2.75, 3.05) is 33.3 Å². The van der Waals surface area contributed by atoms with Crippen LogP contribution in [0.2, 0.25) is 0 Å². The molecule has 0 aliphatic carbocycles. The highest BCUT2D eigenvalue weighted by atomic mass is 16.5. The van der Waals surface area contributed by atoms with Crippen LogP contribution in [0, 0.1) is 5.92 Å². The molecule has 6 nitrogen and oxygen atoms in total. The van der Waals surface area contributed by atoms with E-state index in [1.54, 1.807) is 4.90 Å². The molecule has 0 unspecified atom stereocenters. The van der Waals surface area contributed by atoms with Gasteiger partial charge in [0.05, 0.1) is 18.4 Å². The Balaban J connectivity index is 1.86. The molecule has 2 aliphatic rings. The molecule has 0 spiro atoms. The van der Waals surface area contributed by atoms with Gasteiger partial charge in [-0.15, -0.1) is 0 Å². The van der Waals surface area contributed by atoms with Gasteiger partial charge in [-0.2, -0.15) is 0 Å². The smallest absolute Gasteiger partial charge is 0.310 e. The van der Waals surface area contributed by atoms with Gasteiger partial charge < -0.3 is 14.5 Å². The second-order valence-electron chi connectivity index (χ2n) is 7.59. The van der Waals surface area contributed by atoms with E-state index in [1.807, 2.05) is 35.2 Å². The number of benzene rings is 1. The molecule has 3 rings (SSSR count). The van der Waals surface area contributed by atoms with Crippen molar-refractivity contribution in [2.45, 2.75) is 31.1 Å². The summed E-state index contributed by atoms with van der Waals surface area (Å²) in [5.74, 6) is -0.563. The zero-order chi connectivity index (χ0) is 20.1. The molecule has 2 heterocycles. The van der Waals surface area contributed by atoms with Crippen molar-refractivity contribution in [3.63, 3.8) is 0 Å². The largest absolute Gasteiger partial charge is 0.469 e. The maximum Gasteiger partial charge on any atom is 0.310 e. The molecule has 0 bridgehead atoms. The van der Waals surface area contributed by atoms with E-state index in [0.29, 0.717) is 39.0 Å². The first-order valence-corrected chi connectivity index (χ1v) is 9.86. The number of carbonyl (C=O) groups excluding carboxylic acids is 3. The first-order chi connectivity index (χ1) is 13.5. The second kappa shape index (κ2) is 8.59. The Morgan fingerprint density at radius 3 is 2.39 bits per heavy atom. The van der Waals surface area contributed by atoms with Gasteiger partial charge in [-0.25, -0.2) is 0 Å². The van der Waals surface area contributed by atoms with Gasteiger partial charge in [-0.3, -0.25) is 14.4 Å². The predicted molar refractivity (Wildman–Crippen MR) is 105 cm³/mol. The van der Waals surface area contributed by atoms with E-state index >= 15 is 0 Å². The second-order valence-corrected chi connectivity index (χ2v) is 7.59. The van der Waals surface area contributed by atoms with Gasteiger partial charge >= 0.3 is 5.97 Å². The molecular weight excluding hydrogens is 356 g/mol. The lowest BCUT2D eigenvalue weighted by Gasteiger charge is -2.44. The molecule has 0 radical (unpaired) electrons. The minimum atomic E-state index is -0.669. The van der Waals surface area contributed by atoms with Crippen LogP contribution in [0.5, 0.6) is 0 Å². The fourth-order valence-electron chi connectivity index (χ4n) is 4.44. The Hall–Kier alpha value is -2.63. The number of methoxy groups -OCH3 is 1. The fourth-order valence-corrected chi connectivity index (χ4v) is 4.44. The van der Waals surface area contributed by atoms with Crippen molar-refractivity contribution in [1.29, 1.82) is 0 Å². The van der Waals surface area contributed by atoms with E-state index in [-0.39, 0.29) is 23.7 Å². The van der Waals surface area contributed by atoms with Crippen LogP contribution in [0.15, 0.2) is 43.0 Å². The highest BCUT2D eigenvalue weighted by Crippen LogP contribution is 2.38. The Morgan fingerprint density at radius 1 is 1.11 bits per heavy atom. The highest BCUT2D eigenvalue weighted by Gasteiger charge is 2.46. The molecule has 2 saturated heterocycles. The summed E-state index contributed by atoms with van der Waals surface area (Å²) in [6, 6.07) is 9.81. The van der Waals surface area contributed by atoms with Crippen LogP contribution in [0.25, 0.3) is 0 Å². The SMILES string of the molecule is C=CC(=O)N1CCC(C(=O)N2CCC[C@H](C(=O)OC)C2)(c2ccccc2)CC1. The number of piperidine rings is 2. The topological polar surface area (TPSA) is 66.9 Å². The lowest BCUT2D eigenvalue weighted by molar-refractivity contribution is -0.151. The number of esters is 1. The van der Waals surface area contributed by atoms with Crippen molar-refractivity contribution in [3.8, 4) is 0 Å². The Labute approximate surface area is 166 Å². The number of hydrogen-bond donors (Lipinski definition) is 0. The quantitative estimate of drug-likeness (QED) is 0.589. The fraction of sp³-hybridized carbons (Fsp3) is 0.500. The number of nitrogens with zero attached hydrogens (tertiary/aromatic N) is 2. The molecular formula is C22H28N2O4. The van der Waals surface area contributed by atoms with Crippen LogP contribution < -0.4 is 0 Å². The third kappa shape index (κ3) is 3.81. The normalized spacial score (nSPS) is 21.7. The first-order valence-electron chi connectivity index (χ1n) is 9.86. The number of amides is 2. The van der Waals surface area contributed by atoms with Gasteiger partial charge in [0.1, 0.15) is 0 Å². The molecule has 1 aromatic rings. The molecule has 6 heteroatoms. The van der Waals surface area contributed by atoms with E-state index in [1.165, 1.54) is 13.2 Å². The van der Waals surface area contributed by atoms with E-state index in [0.717, 1.165) is 18.4 Å². The number of likely N-dealkylation sites (tertiary alicyclic amines) is 2. The monoisotopic (exact) mass is 384 g/mol. The Bertz CT molecular complexity index is 738. The molecule has 2 fully saturated rings. The standard InChI is InChI=1S/C22H28N2O4/c1-3-19(25)23-14-11-22(12-15-23,18-9-5-4-6-10-18)21(27)24-13-7-8-17(16-24)20(26)28-2/h3-6,9-10,17H,1,7-8,11-16H2,2H3/t17-/m0/s1. The Kier molecular flexibility index (Phi) is 6.17. The Morgan fingerprint density at radius 2 is 1.79 bits per heavy atom. The molecule has 0 saturated carbocycles. The van der Waals surface area contributed by atoms with Crippen molar-refractivity contribution in [2.24, 2.45) is 5.92 Å². The van der Waals surface area contributed by atoms with Gasteiger partial charge in [-0.1, -0.05) is 36.9 Å². The van der Waals surface area contributed by atoms with Crippen LogP contribution in [-0.2, 0) is 24.5 Å². The number of carbonyl (C=O) groups is 3. The molecule has 0 aromatic heterocycles. The van der Waals surface area contributed by atoms with Crippen LogP contribution in [0.4, 0.5) is 0 Å². The van der Waals surface area contributed by atoms with Gasteiger partial charge in [-0.05, 0) is 37.3 Å². The van der Waals surface area contributed by atoms with Crippen molar-refractivity contribution < 1.29 is 19.1 Å². The average molecular weight is 384 g/mol. The predicted octanol–water partition coefficient (Wildman–Crippen LogP) is 2.14. The van der Waals surface area contributed by atoms with E-state index in [9.17, 15) is 14.4 Å². The average Bonchev–Trinajstić information content (AvgIpc) is 2.78. The molecule has 2 aliphatic heterocycles. The third-order valence-electron chi connectivity index (χ3n) is 6.08. The summed E-state index contributed by atoms with van der Waals surface area (Å²) < 4.78 is 4.90. The highest BCUT2D eigenvalue weighted by molar-refractivity contribution is 5.90. The molecule has 1 atom stereocenters. The summed E-state index contributed by atoms with van der Waals surface area (Å²) in [5.41, 5.74) is 0.308. The summed E-state index contributed by atoms with van der Waals surface area (Å²) >= 11 is 0. The molecule has 28 heavy (non-hydrogen) atoms. The van der Waals surface area contributed by atoms with Crippen molar-refractivity contribution >= 4 is 17.8 Å². The maximum absolute atomic E-state index is 13.7. The summed E-state index contributed by atoms with van der Waals surface area (Å²) in [5, 5.41) is 0.